The third-order valence-electron chi connectivity index (χ3n) is 7.52. The molecule has 1 N–H and O–H groups in total. The molecule has 0 radical (unpaired) electrons. The summed E-state index contributed by atoms with van der Waals surface area (Å²) in [5, 5.41) is 10.6. The Morgan fingerprint density at radius 3 is 2.54 bits per heavy atom. The summed E-state index contributed by atoms with van der Waals surface area (Å²) in [5.74, 6) is -7.06. The Morgan fingerprint density at radius 1 is 1.20 bits per heavy atom. The van der Waals surface area contributed by atoms with Crippen molar-refractivity contribution in [3.63, 3.8) is 0 Å². The van der Waals surface area contributed by atoms with Crippen molar-refractivity contribution in [2.24, 2.45) is 0 Å². The molecule has 0 bridgehead atoms. The van der Waals surface area contributed by atoms with Gasteiger partial charge >= 0.3 is 6.09 Å². The number of aromatic nitrogens is 2. The Labute approximate surface area is 269 Å². The Morgan fingerprint density at radius 2 is 1.89 bits per heavy atom. The van der Waals surface area contributed by atoms with E-state index in [1.54, 1.807) is 56.9 Å². The van der Waals surface area contributed by atoms with E-state index in [0.717, 1.165) is 17.0 Å². The van der Waals surface area contributed by atoms with Crippen molar-refractivity contribution in [2.45, 2.75) is 69.0 Å². The number of alkyl halides is 2. The van der Waals surface area contributed by atoms with Gasteiger partial charge in [-0.05, 0) is 57.1 Å². The minimum absolute atomic E-state index is 0.120. The van der Waals surface area contributed by atoms with Crippen LogP contribution < -0.4 is 10.2 Å². The fourth-order valence-corrected chi connectivity index (χ4v) is 7.19. The number of hydrogen-bond acceptors (Lipinski definition) is 9. The molecule has 0 saturated carbocycles. The first-order chi connectivity index (χ1) is 21.4. The normalized spacial score (nSPS) is 21.4. The van der Waals surface area contributed by atoms with Crippen LogP contribution in [0, 0.1) is 5.82 Å². The van der Waals surface area contributed by atoms with Gasteiger partial charge in [0.1, 0.15) is 17.5 Å². The van der Waals surface area contributed by atoms with E-state index in [2.05, 4.69) is 15.5 Å². The lowest BCUT2D eigenvalue weighted by atomic mass is 9.95. The number of hydrogen-bond donors (Lipinski definition) is 1. The van der Waals surface area contributed by atoms with Gasteiger partial charge in [0.15, 0.2) is 9.84 Å². The maximum Gasteiger partial charge on any atom is 0.408 e. The van der Waals surface area contributed by atoms with Crippen molar-refractivity contribution in [1.29, 1.82) is 0 Å². The number of halogens is 4. The molecule has 3 heterocycles. The molecule has 2 aliphatic heterocycles. The van der Waals surface area contributed by atoms with Crippen LogP contribution in [-0.4, -0.2) is 78.5 Å². The smallest absolute Gasteiger partial charge is 0.408 e. The number of alkyl carbamates (subject to hydrolysis) is 1. The molecule has 16 heteroatoms. The molecule has 2 atom stereocenters. The van der Waals surface area contributed by atoms with Gasteiger partial charge in [-0.15, -0.1) is 10.2 Å². The van der Waals surface area contributed by atoms with E-state index in [1.807, 2.05) is 0 Å². The van der Waals surface area contributed by atoms with Gasteiger partial charge in [-0.25, -0.2) is 26.4 Å². The third-order valence-corrected chi connectivity index (χ3v) is 9.54. The van der Waals surface area contributed by atoms with Gasteiger partial charge in [0, 0.05) is 18.0 Å². The number of ether oxygens (including phenoxy) is 1. The predicted molar refractivity (Wildman–Crippen MR) is 162 cm³/mol. The van der Waals surface area contributed by atoms with Crippen molar-refractivity contribution in [1.82, 2.24) is 20.4 Å². The molecule has 2 aliphatic rings. The second kappa shape index (κ2) is 12.5. The summed E-state index contributed by atoms with van der Waals surface area (Å²) >= 11 is 6.03. The van der Waals surface area contributed by atoms with Crippen LogP contribution >= 0.6 is 11.6 Å². The maximum atomic E-state index is 15.7. The molecular weight excluding hydrogens is 651 g/mol. The standard InChI is InChI=1S/C30H33ClF3N5O6S/c1-5-38-14-18(12-30(33,34)16-38)25-36-37-26(44-25)20-10-23-24(11-21(20)32)46(42,43)15-22(35-28(41)45-29(2,3)4)27(40)39(23)13-17-6-8-19(31)9-7-17/h6-11,18,22H,5,12-16H2,1-4H3,(H,35,41)/t18?,22-/m0/s1. The second-order valence-electron chi connectivity index (χ2n) is 12.4. The van der Waals surface area contributed by atoms with Gasteiger partial charge < -0.3 is 19.4 Å². The van der Waals surface area contributed by atoms with Gasteiger partial charge in [-0.2, -0.15) is 0 Å². The summed E-state index contributed by atoms with van der Waals surface area (Å²) in [6.07, 6.45) is -1.55. The number of piperidine rings is 1. The van der Waals surface area contributed by atoms with Crippen LogP contribution in [0.2, 0.25) is 5.02 Å². The molecule has 1 aromatic heterocycles. The first-order valence-electron chi connectivity index (χ1n) is 14.5. The van der Waals surface area contributed by atoms with Crippen LogP contribution in [0.1, 0.15) is 51.5 Å². The van der Waals surface area contributed by atoms with E-state index in [-0.39, 0.29) is 36.1 Å². The lowest BCUT2D eigenvalue weighted by molar-refractivity contribution is -0.120. The molecule has 2 amide bonds. The Kier molecular flexibility index (Phi) is 9.14. The SMILES string of the molecule is CCN1CC(c2nnc(-c3cc4c(cc3F)S(=O)(=O)C[C@H](NC(=O)OC(C)(C)C)C(=O)N4Cc3ccc(Cl)cc3)o2)CC(F)(F)C1. The quantitative estimate of drug-likeness (QED) is 0.373. The number of amides is 2. The summed E-state index contributed by atoms with van der Waals surface area (Å²) in [6.45, 7) is 6.58. The van der Waals surface area contributed by atoms with Crippen LogP contribution in [0.25, 0.3) is 11.5 Å². The number of benzene rings is 2. The number of nitrogens with zero attached hydrogens (tertiary/aromatic N) is 4. The zero-order valence-corrected chi connectivity index (χ0v) is 27.1. The highest BCUT2D eigenvalue weighted by Crippen LogP contribution is 2.39. The van der Waals surface area contributed by atoms with Gasteiger partial charge in [-0.3, -0.25) is 9.69 Å². The minimum atomic E-state index is -4.39. The van der Waals surface area contributed by atoms with E-state index in [0.29, 0.717) is 17.1 Å². The summed E-state index contributed by atoms with van der Waals surface area (Å²) < 4.78 is 82.7. The number of carbonyl (C=O) groups excluding carboxylic acids is 2. The predicted octanol–water partition coefficient (Wildman–Crippen LogP) is 5.19. The molecular formula is C30H33ClF3N5O6S. The fourth-order valence-electron chi connectivity index (χ4n) is 5.45. The highest BCUT2D eigenvalue weighted by molar-refractivity contribution is 7.91. The monoisotopic (exact) mass is 683 g/mol. The first kappa shape index (κ1) is 33.7. The van der Waals surface area contributed by atoms with Crippen LogP contribution in [0.5, 0.6) is 0 Å². The van der Waals surface area contributed by atoms with Crippen molar-refractivity contribution in [3.05, 3.63) is 58.7 Å². The molecule has 5 rings (SSSR count). The zero-order valence-electron chi connectivity index (χ0n) is 25.5. The van der Waals surface area contributed by atoms with Crippen molar-refractivity contribution >= 4 is 39.1 Å². The number of likely N-dealkylation sites (N-methyl/N-ethyl adjacent to an activating group) is 1. The molecule has 1 unspecified atom stereocenters. The largest absolute Gasteiger partial charge is 0.444 e. The number of likely N-dealkylation sites (tertiary alicyclic amines) is 1. The van der Waals surface area contributed by atoms with Crippen LogP contribution in [0.4, 0.5) is 23.7 Å². The number of nitrogens with one attached hydrogen (secondary N) is 1. The van der Waals surface area contributed by atoms with E-state index >= 15 is 4.39 Å². The van der Waals surface area contributed by atoms with E-state index in [4.69, 9.17) is 20.8 Å². The number of rotatable bonds is 6. The van der Waals surface area contributed by atoms with Gasteiger partial charge in [0.05, 0.1) is 40.9 Å². The highest BCUT2D eigenvalue weighted by Gasteiger charge is 2.43. The average Bonchev–Trinajstić information content (AvgIpc) is 3.42. The second-order valence-corrected chi connectivity index (χ2v) is 14.8. The average molecular weight is 684 g/mol. The van der Waals surface area contributed by atoms with Crippen LogP contribution in [-0.2, 0) is 25.9 Å². The zero-order chi connectivity index (χ0) is 33.6. The summed E-state index contributed by atoms with van der Waals surface area (Å²) in [4.78, 5) is 28.8. The summed E-state index contributed by atoms with van der Waals surface area (Å²) in [7, 11) is -4.39. The molecule has 248 valence electrons. The molecule has 0 spiro atoms. The number of carbonyl (C=O) groups is 2. The van der Waals surface area contributed by atoms with Crippen molar-refractivity contribution in [2.75, 3.05) is 30.3 Å². The van der Waals surface area contributed by atoms with Crippen LogP contribution in [0.15, 0.2) is 45.7 Å². The summed E-state index contributed by atoms with van der Waals surface area (Å²) in [5.41, 5.74) is -0.934. The Hall–Kier alpha value is -3.69. The van der Waals surface area contributed by atoms with E-state index < -0.39 is 74.8 Å². The minimum Gasteiger partial charge on any atom is -0.444 e. The van der Waals surface area contributed by atoms with Crippen molar-refractivity contribution in [3.8, 4) is 11.5 Å². The molecule has 1 saturated heterocycles. The Balaban J connectivity index is 1.57. The van der Waals surface area contributed by atoms with E-state index in [1.165, 1.54) is 0 Å². The van der Waals surface area contributed by atoms with Gasteiger partial charge in [0.25, 0.3) is 17.7 Å². The third kappa shape index (κ3) is 7.47. The number of sulfone groups is 1. The topological polar surface area (TPSA) is 135 Å². The molecule has 46 heavy (non-hydrogen) atoms. The maximum absolute atomic E-state index is 15.7. The first-order valence-corrected chi connectivity index (χ1v) is 16.5. The Bertz CT molecular complexity index is 1750. The van der Waals surface area contributed by atoms with Gasteiger partial charge in [0.2, 0.25) is 5.89 Å². The van der Waals surface area contributed by atoms with Crippen LogP contribution in [0.3, 0.4) is 0 Å². The lowest BCUT2D eigenvalue weighted by Crippen LogP contribution is -2.51. The molecule has 3 aromatic rings. The molecule has 2 aromatic carbocycles. The lowest BCUT2D eigenvalue weighted by Gasteiger charge is -2.35. The van der Waals surface area contributed by atoms with E-state index in [9.17, 15) is 26.8 Å². The fraction of sp³-hybridized carbons (Fsp3) is 0.467. The summed E-state index contributed by atoms with van der Waals surface area (Å²) in [6, 6.07) is 6.66. The van der Waals surface area contributed by atoms with Gasteiger partial charge in [-0.1, -0.05) is 30.7 Å². The number of anilines is 1. The molecule has 11 nitrogen and oxygen atoms in total. The van der Waals surface area contributed by atoms with Crippen molar-refractivity contribution < 1.29 is 40.3 Å². The molecule has 1 fully saturated rings. The molecule has 0 aliphatic carbocycles. The number of fused-ring (bicyclic) bond motifs is 1. The highest BCUT2D eigenvalue weighted by atomic mass is 35.5.